The van der Waals surface area contributed by atoms with E-state index in [1.54, 1.807) is 20.8 Å². The predicted octanol–water partition coefficient (Wildman–Crippen LogP) is 3.85. The summed E-state index contributed by atoms with van der Waals surface area (Å²) in [6.07, 6.45) is 1.17. The van der Waals surface area contributed by atoms with Crippen LogP contribution < -0.4 is 21.3 Å². The molecule has 12 heteroatoms. The first-order valence-electron chi connectivity index (χ1n) is 13.5. The molecule has 4 N–H and O–H groups in total. The maximum Gasteiger partial charge on any atom is 0.408 e. The van der Waals surface area contributed by atoms with Crippen LogP contribution >= 0.6 is 0 Å². The number of carbonyl (C=O) groups excluding carboxylic acids is 4. The van der Waals surface area contributed by atoms with Gasteiger partial charge in [-0.2, -0.15) is 0 Å². The first-order chi connectivity index (χ1) is 19.3. The van der Waals surface area contributed by atoms with E-state index in [1.807, 2.05) is 37.3 Å². The van der Waals surface area contributed by atoms with Crippen molar-refractivity contribution in [3.05, 3.63) is 70.3 Å². The van der Waals surface area contributed by atoms with E-state index in [2.05, 4.69) is 21.3 Å². The molecular formula is C29H39N5O7. The molecule has 0 bridgehead atoms. The molecule has 0 heterocycles. The van der Waals surface area contributed by atoms with E-state index in [-0.39, 0.29) is 12.1 Å². The highest BCUT2D eigenvalue weighted by molar-refractivity contribution is 5.98. The number of non-ortho nitro benzene ring substituents is 1. The molecule has 4 amide bonds. The van der Waals surface area contributed by atoms with Crippen molar-refractivity contribution in [2.24, 2.45) is 0 Å². The van der Waals surface area contributed by atoms with Gasteiger partial charge >= 0.3 is 6.09 Å². The quantitative estimate of drug-likeness (QED) is 0.210. The topological polar surface area (TPSA) is 169 Å². The van der Waals surface area contributed by atoms with Crippen LogP contribution in [-0.2, 0) is 25.5 Å². The summed E-state index contributed by atoms with van der Waals surface area (Å²) in [5.41, 5.74) is 0.251. The summed E-state index contributed by atoms with van der Waals surface area (Å²) in [6, 6.07) is 11.5. The third-order valence-corrected chi connectivity index (χ3v) is 5.87. The fraction of sp³-hybridized carbons (Fsp3) is 0.448. The van der Waals surface area contributed by atoms with Crippen LogP contribution in [0.5, 0.6) is 0 Å². The summed E-state index contributed by atoms with van der Waals surface area (Å²) >= 11 is 0. The zero-order valence-electron chi connectivity index (χ0n) is 24.1. The smallest absolute Gasteiger partial charge is 0.408 e. The highest BCUT2D eigenvalue weighted by Gasteiger charge is 2.29. The molecule has 0 saturated heterocycles. The van der Waals surface area contributed by atoms with Gasteiger partial charge in [-0.25, -0.2) is 4.79 Å². The van der Waals surface area contributed by atoms with Gasteiger partial charge < -0.3 is 26.0 Å². The number of nitrogens with zero attached hydrogens (tertiary/aromatic N) is 1. The van der Waals surface area contributed by atoms with Crippen LogP contribution in [0.25, 0.3) is 0 Å². The lowest BCUT2D eigenvalue weighted by atomic mass is 10.0. The summed E-state index contributed by atoms with van der Waals surface area (Å²) < 4.78 is 5.30. The van der Waals surface area contributed by atoms with Crippen molar-refractivity contribution < 1.29 is 28.8 Å². The maximum atomic E-state index is 13.2. The normalized spacial score (nSPS) is 13.2. The molecule has 0 spiro atoms. The molecule has 3 atom stereocenters. The Bertz CT molecular complexity index is 1200. The van der Waals surface area contributed by atoms with Crippen LogP contribution in [0.2, 0.25) is 0 Å². The van der Waals surface area contributed by atoms with Crippen LogP contribution in [0.4, 0.5) is 16.2 Å². The molecule has 2 rings (SSSR count). The highest BCUT2D eigenvalue weighted by Crippen LogP contribution is 2.16. The van der Waals surface area contributed by atoms with E-state index in [0.717, 1.165) is 12.0 Å². The van der Waals surface area contributed by atoms with Crippen molar-refractivity contribution in [1.29, 1.82) is 0 Å². The van der Waals surface area contributed by atoms with Crippen molar-refractivity contribution >= 4 is 35.2 Å². The third-order valence-electron chi connectivity index (χ3n) is 5.87. The van der Waals surface area contributed by atoms with E-state index in [1.165, 1.54) is 31.2 Å². The van der Waals surface area contributed by atoms with Gasteiger partial charge in [0.2, 0.25) is 17.7 Å². The van der Waals surface area contributed by atoms with E-state index in [4.69, 9.17) is 4.74 Å². The fourth-order valence-corrected chi connectivity index (χ4v) is 3.76. The number of hydrogen-bond donors (Lipinski definition) is 4. The van der Waals surface area contributed by atoms with Crippen molar-refractivity contribution in [3.8, 4) is 0 Å². The first kappa shape index (κ1) is 32.7. The van der Waals surface area contributed by atoms with Gasteiger partial charge in [0.25, 0.3) is 5.69 Å². The molecule has 12 nitrogen and oxygen atoms in total. The number of anilines is 1. The summed E-state index contributed by atoms with van der Waals surface area (Å²) in [7, 11) is 0. The van der Waals surface area contributed by atoms with Gasteiger partial charge in [0.1, 0.15) is 23.7 Å². The van der Waals surface area contributed by atoms with Crippen molar-refractivity contribution in [2.75, 3.05) is 5.32 Å². The summed E-state index contributed by atoms with van der Waals surface area (Å²) in [4.78, 5) is 61.9. The minimum absolute atomic E-state index is 0.116. The number of nitrogens with one attached hydrogen (secondary N) is 4. The molecule has 0 aliphatic heterocycles. The molecule has 2 aromatic rings. The Morgan fingerprint density at radius 3 is 2.07 bits per heavy atom. The van der Waals surface area contributed by atoms with Crippen LogP contribution in [0, 0.1) is 10.1 Å². The molecular weight excluding hydrogens is 530 g/mol. The first-order valence-corrected chi connectivity index (χ1v) is 13.5. The molecule has 0 aromatic heterocycles. The van der Waals surface area contributed by atoms with Crippen LogP contribution in [-0.4, -0.2) is 52.5 Å². The highest BCUT2D eigenvalue weighted by atomic mass is 16.6. The molecule has 0 radical (unpaired) electrons. The van der Waals surface area contributed by atoms with Gasteiger partial charge in [-0.1, -0.05) is 50.1 Å². The van der Waals surface area contributed by atoms with Gasteiger partial charge in [-0.3, -0.25) is 24.5 Å². The largest absolute Gasteiger partial charge is 0.444 e. The molecule has 0 fully saturated rings. The standard InChI is InChI=1S/C29H39N5O7/c1-6-7-13-23(26(36)31-21-14-16-22(17-15-21)34(39)40)32-25(35)19(2)30-27(37)24(18-20-11-9-8-10-12-20)33-28(38)41-29(3,4)5/h8-12,14-17,19,23-24H,6-7,13,18H2,1-5H3,(H,30,37)(H,31,36)(H,32,35)(H,33,38)/t19-,23-,24+/m0/s1. The maximum absolute atomic E-state index is 13.2. The van der Waals surface area contributed by atoms with E-state index in [9.17, 15) is 29.3 Å². The number of nitro groups is 1. The van der Waals surface area contributed by atoms with E-state index >= 15 is 0 Å². The molecule has 222 valence electrons. The summed E-state index contributed by atoms with van der Waals surface area (Å²) in [5.74, 6) is -1.68. The second kappa shape index (κ2) is 15.3. The third kappa shape index (κ3) is 11.7. The zero-order valence-corrected chi connectivity index (χ0v) is 24.1. The number of unbranched alkanes of at least 4 members (excludes halogenated alkanes) is 1. The Balaban J connectivity index is 2.08. The predicted molar refractivity (Wildman–Crippen MR) is 154 cm³/mol. The Labute approximate surface area is 239 Å². The van der Waals surface area contributed by atoms with Gasteiger partial charge in [0.15, 0.2) is 0 Å². The number of ether oxygens (including phenoxy) is 1. The average Bonchev–Trinajstić information content (AvgIpc) is 2.90. The van der Waals surface area contributed by atoms with Crippen LogP contribution in [0.3, 0.4) is 0 Å². The second-order valence-electron chi connectivity index (χ2n) is 10.6. The number of alkyl carbamates (subject to hydrolysis) is 1. The van der Waals surface area contributed by atoms with E-state index < -0.39 is 52.5 Å². The van der Waals surface area contributed by atoms with Crippen LogP contribution in [0.1, 0.15) is 59.4 Å². The second-order valence-corrected chi connectivity index (χ2v) is 10.6. The summed E-state index contributed by atoms with van der Waals surface area (Å²) in [5, 5.41) is 21.4. The number of carbonyl (C=O) groups is 4. The average molecular weight is 570 g/mol. The van der Waals surface area contributed by atoms with Gasteiger partial charge in [-0.05, 0) is 51.8 Å². The summed E-state index contributed by atoms with van der Waals surface area (Å²) in [6.45, 7) is 8.54. The number of amides is 4. The molecule has 0 aliphatic rings. The minimum Gasteiger partial charge on any atom is -0.444 e. The SMILES string of the molecule is CCCC[C@H](NC(=O)[C@H](C)NC(=O)[C@@H](Cc1ccccc1)NC(=O)OC(C)(C)C)C(=O)Nc1ccc([N+](=O)[O-])cc1. The Kier molecular flexibility index (Phi) is 12.2. The van der Waals surface area contributed by atoms with Crippen molar-refractivity contribution in [3.63, 3.8) is 0 Å². The van der Waals surface area contributed by atoms with Crippen molar-refractivity contribution in [2.45, 2.75) is 84.0 Å². The zero-order chi connectivity index (χ0) is 30.6. The minimum atomic E-state index is -1.03. The molecule has 0 aliphatic carbocycles. The molecule has 0 unspecified atom stereocenters. The molecule has 2 aromatic carbocycles. The number of hydrogen-bond acceptors (Lipinski definition) is 7. The lowest BCUT2D eigenvalue weighted by Crippen LogP contribution is -2.56. The number of rotatable bonds is 13. The lowest BCUT2D eigenvalue weighted by Gasteiger charge is -2.25. The fourth-order valence-electron chi connectivity index (χ4n) is 3.76. The van der Waals surface area contributed by atoms with E-state index in [0.29, 0.717) is 18.5 Å². The number of benzene rings is 2. The van der Waals surface area contributed by atoms with Gasteiger partial charge in [0, 0.05) is 24.2 Å². The van der Waals surface area contributed by atoms with Crippen LogP contribution in [0.15, 0.2) is 54.6 Å². The monoisotopic (exact) mass is 569 g/mol. The number of nitro benzene ring substituents is 1. The molecule has 0 saturated carbocycles. The Morgan fingerprint density at radius 2 is 1.51 bits per heavy atom. The van der Waals surface area contributed by atoms with Gasteiger partial charge in [-0.15, -0.1) is 0 Å². The lowest BCUT2D eigenvalue weighted by molar-refractivity contribution is -0.384. The Hall–Kier alpha value is -4.48. The van der Waals surface area contributed by atoms with Gasteiger partial charge in [0.05, 0.1) is 4.92 Å². The molecule has 41 heavy (non-hydrogen) atoms. The van der Waals surface area contributed by atoms with Crippen molar-refractivity contribution in [1.82, 2.24) is 16.0 Å². The Morgan fingerprint density at radius 1 is 0.878 bits per heavy atom.